The third kappa shape index (κ3) is 2.17. The maximum atomic E-state index is 12.2. The lowest BCUT2D eigenvalue weighted by molar-refractivity contribution is 0.254. The van der Waals surface area contributed by atoms with E-state index in [1.165, 1.54) is 14.2 Å². The summed E-state index contributed by atoms with van der Waals surface area (Å²) in [5.41, 5.74) is 0. The van der Waals surface area contributed by atoms with Crippen molar-refractivity contribution in [2.24, 2.45) is 0 Å². The Morgan fingerprint density at radius 2 is 1.86 bits per heavy atom. The molecule has 0 saturated carbocycles. The smallest absolute Gasteiger partial charge is 0.311 e. The van der Waals surface area contributed by atoms with Crippen LogP contribution in [0.15, 0.2) is 0 Å². The van der Waals surface area contributed by atoms with Gasteiger partial charge in [-0.3, -0.25) is 9.88 Å². The Kier molecular flexibility index (Phi) is 3.71. The van der Waals surface area contributed by atoms with Gasteiger partial charge in [-0.1, -0.05) is 0 Å². The van der Waals surface area contributed by atoms with Crippen LogP contribution in [-0.2, 0) is 13.6 Å². The molecule has 6 heteroatoms. The van der Waals surface area contributed by atoms with E-state index in [1.54, 1.807) is 11.8 Å². The number of hydrogen-bond donors (Lipinski definition) is 1. The lowest BCUT2D eigenvalue weighted by Crippen LogP contribution is -2.38. The van der Waals surface area contributed by atoms with E-state index in [0.717, 1.165) is 0 Å². The van der Waals surface area contributed by atoms with Crippen LogP contribution < -0.4 is 5.32 Å². The molecule has 2 atom stereocenters. The van der Waals surface area contributed by atoms with Crippen molar-refractivity contribution >= 4 is 19.4 Å². The van der Waals surface area contributed by atoms with Gasteiger partial charge in [0.05, 0.1) is 5.37 Å². The van der Waals surface area contributed by atoms with Gasteiger partial charge in [0.15, 0.2) is 0 Å². The Bertz CT molecular complexity index is 251. The molecule has 1 saturated heterocycles. The molecule has 14 heavy (non-hydrogen) atoms. The molecule has 1 heterocycles. The van der Waals surface area contributed by atoms with Gasteiger partial charge in [0.2, 0.25) is 0 Å². The second-order valence-electron chi connectivity index (χ2n) is 3.84. The van der Waals surface area contributed by atoms with Crippen molar-refractivity contribution in [3.8, 4) is 0 Å². The molecule has 0 radical (unpaired) electrons. The molecule has 4 nitrogen and oxygen atoms in total. The molecule has 0 aliphatic carbocycles. The minimum atomic E-state index is -3.02. The van der Waals surface area contributed by atoms with E-state index >= 15 is 0 Å². The maximum absolute atomic E-state index is 12.2. The van der Waals surface area contributed by atoms with E-state index in [-0.39, 0.29) is 15.9 Å². The van der Waals surface area contributed by atoms with E-state index in [0.29, 0.717) is 0 Å². The van der Waals surface area contributed by atoms with Gasteiger partial charge in [-0.2, -0.15) is 0 Å². The summed E-state index contributed by atoms with van der Waals surface area (Å²) in [5.74, 6) is -0.245. The van der Waals surface area contributed by atoms with Gasteiger partial charge < -0.3 is 9.05 Å². The lowest BCUT2D eigenvalue weighted by Gasteiger charge is -2.29. The molecule has 1 fully saturated rings. The predicted molar refractivity (Wildman–Crippen MR) is 59.7 cm³/mol. The highest BCUT2D eigenvalue weighted by Crippen LogP contribution is 2.59. The summed E-state index contributed by atoms with van der Waals surface area (Å²) >= 11 is 1.75. The molecule has 1 aliphatic heterocycles. The fraction of sp³-hybridized carbons (Fsp3) is 1.00. The average Bonchev–Trinajstić information content (AvgIpc) is 2.39. The van der Waals surface area contributed by atoms with Crippen LogP contribution in [0, 0.1) is 0 Å². The van der Waals surface area contributed by atoms with Crippen LogP contribution in [0.2, 0.25) is 0 Å². The first-order valence-corrected chi connectivity index (χ1v) is 7.00. The van der Waals surface area contributed by atoms with Crippen molar-refractivity contribution in [1.82, 2.24) is 5.32 Å². The molecular weight excluding hydrogens is 221 g/mol. The van der Waals surface area contributed by atoms with E-state index in [2.05, 4.69) is 5.32 Å². The topological polar surface area (TPSA) is 47.6 Å². The Labute approximate surface area is 89.7 Å². The molecule has 0 spiro atoms. The number of nitrogens with one attached hydrogen (secondary N) is 1. The zero-order chi connectivity index (χ0) is 11.0. The van der Waals surface area contributed by atoms with Gasteiger partial charge >= 0.3 is 7.60 Å². The van der Waals surface area contributed by atoms with Crippen LogP contribution in [0.3, 0.4) is 0 Å². The molecule has 1 rings (SSSR count). The molecule has 0 amide bonds. The van der Waals surface area contributed by atoms with Crippen LogP contribution >= 0.6 is 19.4 Å². The van der Waals surface area contributed by atoms with Crippen molar-refractivity contribution in [3.05, 3.63) is 0 Å². The van der Waals surface area contributed by atoms with Crippen LogP contribution in [0.4, 0.5) is 0 Å². The number of thioether (sulfide) groups is 1. The summed E-state index contributed by atoms with van der Waals surface area (Å²) in [6, 6.07) is 0. The molecule has 1 N–H and O–H groups in total. The van der Waals surface area contributed by atoms with Gasteiger partial charge in [0.25, 0.3) is 0 Å². The number of hydrogen-bond acceptors (Lipinski definition) is 5. The minimum absolute atomic E-state index is 0.138. The zero-order valence-corrected chi connectivity index (χ0v) is 10.9. The average molecular weight is 239 g/mol. The standard InChI is InChI=1S/C8H18NO3PS/c1-6-9-7(8(2,3)14-6)13(10,11-4)12-5/h6-7,9H,1-5H3. The van der Waals surface area contributed by atoms with Gasteiger partial charge in [-0.25, -0.2) is 0 Å². The first-order valence-electron chi connectivity index (χ1n) is 4.51. The van der Waals surface area contributed by atoms with E-state index in [4.69, 9.17) is 9.05 Å². The van der Waals surface area contributed by atoms with Gasteiger partial charge in [0, 0.05) is 19.0 Å². The van der Waals surface area contributed by atoms with Crippen molar-refractivity contribution < 1.29 is 13.6 Å². The van der Waals surface area contributed by atoms with Gasteiger partial charge in [-0.15, -0.1) is 11.8 Å². The maximum Gasteiger partial charge on any atom is 0.348 e. The van der Waals surface area contributed by atoms with Crippen molar-refractivity contribution in [3.63, 3.8) is 0 Å². The van der Waals surface area contributed by atoms with E-state index in [9.17, 15) is 4.57 Å². The highest BCUT2D eigenvalue weighted by molar-refractivity contribution is 8.01. The SMILES string of the molecule is COP(=O)(OC)C1NC(C)SC1(C)C. The molecular formula is C8H18NO3PS. The molecule has 0 aromatic carbocycles. The fourth-order valence-electron chi connectivity index (χ4n) is 1.73. The number of rotatable bonds is 3. The molecule has 0 bridgehead atoms. The molecule has 84 valence electrons. The van der Waals surface area contributed by atoms with Crippen LogP contribution in [0.1, 0.15) is 20.8 Å². The van der Waals surface area contributed by atoms with E-state index < -0.39 is 7.60 Å². The summed E-state index contributed by atoms with van der Waals surface area (Å²) in [4.78, 5) is 0. The first-order chi connectivity index (χ1) is 6.35. The highest BCUT2D eigenvalue weighted by Gasteiger charge is 2.50. The molecule has 2 unspecified atom stereocenters. The van der Waals surface area contributed by atoms with Crippen molar-refractivity contribution in [1.29, 1.82) is 0 Å². The summed E-state index contributed by atoms with van der Waals surface area (Å²) in [7, 11) is -0.167. The normalized spacial score (nSPS) is 32.1. The minimum Gasteiger partial charge on any atom is -0.311 e. The Balaban J connectivity index is 2.92. The van der Waals surface area contributed by atoms with Gasteiger partial charge in [0.1, 0.15) is 5.78 Å². The molecule has 0 aromatic rings. The van der Waals surface area contributed by atoms with Crippen molar-refractivity contribution in [2.75, 3.05) is 14.2 Å². The zero-order valence-electron chi connectivity index (χ0n) is 9.23. The Morgan fingerprint density at radius 1 is 1.36 bits per heavy atom. The third-order valence-corrected chi connectivity index (χ3v) is 6.31. The van der Waals surface area contributed by atoms with Gasteiger partial charge in [-0.05, 0) is 20.8 Å². The summed E-state index contributed by atoms with van der Waals surface area (Å²) < 4.78 is 22.1. The van der Waals surface area contributed by atoms with Crippen molar-refractivity contribution in [2.45, 2.75) is 36.7 Å². The lowest BCUT2D eigenvalue weighted by atomic mass is 10.2. The predicted octanol–water partition coefficient (Wildman–Crippen LogP) is 2.26. The molecule has 0 aromatic heterocycles. The summed E-state index contributed by atoms with van der Waals surface area (Å²) in [6.45, 7) is 6.13. The summed E-state index contributed by atoms with van der Waals surface area (Å²) in [6.07, 6.45) is 0. The van der Waals surface area contributed by atoms with Crippen LogP contribution in [0.5, 0.6) is 0 Å². The van der Waals surface area contributed by atoms with Crippen LogP contribution in [0.25, 0.3) is 0 Å². The Hall–Kier alpha value is 0.460. The third-order valence-electron chi connectivity index (χ3n) is 2.36. The second-order valence-corrected chi connectivity index (χ2v) is 8.16. The monoisotopic (exact) mass is 239 g/mol. The quantitative estimate of drug-likeness (QED) is 0.765. The fourth-order valence-corrected chi connectivity index (χ4v) is 5.46. The highest BCUT2D eigenvalue weighted by atomic mass is 32.2. The Morgan fingerprint density at radius 3 is 2.14 bits per heavy atom. The van der Waals surface area contributed by atoms with E-state index in [1.807, 2.05) is 20.8 Å². The first kappa shape index (κ1) is 12.5. The second kappa shape index (κ2) is 4.14. The largest absolute Gasteiger partial charge is 0.348 e. The summed E-state index contributed by atoms with van der Waals surface area (Å²) in [5, 5.41) is 3.51. The van der Waals surface area contributed by atoms with Crippen LogP contribution in [-0.4, -0.2) is 30.1 Å². The molecule has 1 aliphatic rings.